The molecule has 5 heteroatoms. The van der Waals surface area contributed by atoms with Gasteiger partial charge in [0, 0.05) is 24.3 Å². The molecule has 0 radical (unpaired) electrons. The van der Waals surface area contributed by atoms with Crippen LogP contribution in [0.5, 0.6) is 0 Å². The zero-order valence-corrected chi connectivity index (χ0v) is 13.3. The van der Waals surface area contributed by atoms with Crippen molar-refractivity contribution in [3.8, 4) is 0 Å². The van der Waals surface area contributed by atoms with Crippen LogP contribution in [0.3, 0.4) is 0 Å². The summed E-state index contributed by atoms with van der Waals surface area (Å²) in [6.07, 6.45) is 1.73. The second-order valence-electron chi connectivity index (χ2n) is 5.05. The van der Waals surface area contributed by atoms with Gasteiger partial charge in [-0.3, -0.25) is 0 Å². The number of nitrogens with zero attached hydrogens (tertiary/aromatic N) is 2. The van der Waals surface area contributed by atoms with E-state index in [-0.39, 0.29) is 0 Å². The zero-order chi connectivity index (χ0) is 15.9. The monoisotopic (exact) mass is 324 g/mol. The van der Waals surface area contributed by atoms with Crippen molar-refractivity contribution in [1.29, 1.82) is 0 Å². The van der Waals surface area contributed by atoms with Crippen molar-refractivity contribution in [3.63, 3.8) is 0 Å². The Labute approximate surface area is 140 Å². The normalized spacial score (nSPS) is 10.3. The number of nitrogens with one attached hydrogen (secondary N) is 2. The smallest absolute Gasteiger partial charge is 0.224 e. The van der Waals surface area contributed by atoms with Gasteiger partial charge in [-0.2, -0.15) is 4.98 Å². The van der Waals surface area contributed by atoms with E-state index in [4.69, 9.17) is 11.6 Å². The standard InChI is InChI=1S/C18H17ClN4/c19-16-9-5-4-8-15(16)13-22-18-20-11-10-17(23-18)21-12-14-6-2-1-3-7-14/h1-11H,12-13H2,(H2,20,21,22,23). The molecule has 1 heterocycles. The van der Waals surface area contributed by atoms with Crippen molar-refractivity contribution in [2.75, 3.05) is 10.6 Å². The Morgan fingerprint density at radius 1 is 0.826 bits per heavy atom. The molecule has 0 aliphatic rings. The Hall–Kier alpha value is -2.59. The van der Waals surface area contributed by atoms with Gasteiger partial charge in [0.05, 0.1) is 0 Å². The second kappa shape index (κ2) is 7.61. The lowest BCUT2D eigenvalue weighted by Gasteiger charge is -2.09. The molecule has 1 aromatic heterocycles. The van der Waals surface area contributed by atoms with Gasteiger partial charge in [-0.1, -0.05) is 60.1 Å². The molecule has 0 bridgehead atoms. The molecule has 0 saturated heterocycles. The van der Waals surface area contributed by atoms with Crippen LogP contribution in [0.15, 0.2) is 66.9 Å². The second-order valence-corrected chi connectivity index (χ2v) is 5.46. The first-order valence-electron chi connectivity index (χ1n) is 7.39. The van der Waals surface area contributed by atoms with Gasteiger partial charge in [0.1, 0.15) is 5.82 Å². The van der Waals surface area contributed by atoms with Crippen LogP contribution in [-0.2, 0) is 13.1 Å². The third kappa shape index (κ3) is 4.44. The fourth-order valence-electron chi connectivity index (χ4n) is 2.15. The Morgan fingerprint density at radius 2 is 1.61 bits per heavy atom. The first-order chi connectivity index (χ1) is 11.3. The number of benzene rings is 2. The van der Waals surface area contributed by atoms with Gasteiger partial charge in [-0.15, -0.1) is 0 Å². The van der Waals surface area contributed by atoms with Crippen molar-refractivity contribution in [3.05, 3.63) is 83.0 Å². The predicted molar refractivity (Wildman–Crippen MR) is 94.6 cm³/mol. The number of hydrogen-bond acceptors (Lipinski definition) is 4. The molecule has 0 unspecified atom stereocenters. The van der Waals surface area contributed by atoms with Crippen LogP contribution in [0, 0.1) is 0 Å². The zero-order valence-electron chi connectivity index (χ0n) is 12.5. The first kappa shape index (κ1) is 15.3. The van der Waals surface area contributed by atoms with Gasteiger partial charge in [0.15, 0.2) is 0 Å². The van der Waals surface area contributed by atoms with Gasteiger partial charge in [-0.05, 0) is 23.3 Å². The van der Waals surface area contributed by atoms with Gasteiger partial charge < -0.3 is 10.6 Å². The lowest BCUT2D eigenvalue weighted by molar-refractivity contribution is 1.03. The summed E-state index contributed by atoms with van der Waals surface area (Å²) in [6.45, 7) is 1.31. The Bertz CT molecular complexity index is 762. The lowest BCUT2D eigenvalue weighted by Crippen LogP contribution is -2.07. The molecule has 0 fully saturated rings. The summed E-state index contributed by atoms with van der Waals surface area (Å²) in [5.74, 6) is 1.36. The summed E-state index contributed by atoms with van der Waals surface area (Å²) in [6, 6.07) is 19.8. The average Bonchev–Trinajstić information content (AvgIpc) is 2.61. The quantitative estimate of drug-likeness (QED) is 0.707. The molecule has 0 aliphatic heterocycles. The molecule has 0 saturated carbocycles. The summed E-state index contributed by atoms with van der Waals surface area (Å²) in [5, 5.41) is 7.22. The van der Waals surface area contributed by atoms with E-state index < -0.39 is 0 Å². The van der Waals surface area contributed by atoms with Gasteiger partial charge in [0.25, 0.3) is 0 Å². The van der Waals surface area contributed by atoms with Crippen LogP contribution in [0.4, 0.5) is 11.8 Å². The van der Waals surface area contributed by atoms with E-state index in [9.17, 15) is 0 Å². The fourth-order valence-corrected chi connectivity index (χ4v) is 2.35. The van der Waals surface area contributed by atoms with Crippen LogP contribution in [0.2, 0.25) is 5.02 Å². The van der Waals surface area contributed by atoms with E-state index in [1.165, 1.54) is 5.56 Å². The van der Waals surface area contributed by atoms with Crippen LogP contribution in [-0.4, -0.2) is 9.97 Å². The summed E-state index contributed by atoms with van der Waals surface area (Å²) in [5.41, 5.74) is 2.22. The molecule has 3 rings (SSSR count). The Balaban J connectivity index is 1.60. The highest BCUT2D eigenvalue weighted by Crippen LogP contribution is 2.16. The number of anilines is 2. The van der Waals surface area contributed by atoms with Crippen LogP contribution < -0.4 is 10.6 Å². The average molecular weight is 325 g/mol. The minimum atomic E-state index is 0.572. The number of aromatic nitrogens is 2. The molecule has 2 aromatic carbocycles. The molecule has 0 amide bonds. The van der Waals surface area contributed by atoms with Crippen LogP contribution in [0.1, 0.15) is 11.1 Å². The maximum Gasteiger partial charge on any atom is 0.224 e. The number of rotatable bonds is 6. The molecular weight excluding hydrogens is 308 g/mol. The van der Waals surface area contributed by atoms with E-state index in [0.29, 0.717) is 12.5 Å². The van der Waals surface area contributed by atoms with Gasteiger partial charge in [-0.25, -0.2) is 4.98 Å². The Morgan fingerprint density at radius 3 is 2.43 bits per heavy atom. The third-order valence-corrected chi connectivity index (χ3v) is 3.74. The highest BCUT2D eigenvalue weighted by molar-refractivity contribution is 6.31. The molecule has 23 heavy (non-hydrogen) atoms. The summed E-state index contributed by atoms with van der Waals surface area (Å²) >= 11 is 6.15. The third-order valence-electron chi connectivity index (χ3n) is 3.37. The van der Waals surface area contributed by atoms with Gasteiger partial charge >= 0.3 is 0 Å². The van der Waals surface area contributed by atoms with Crippen molar-refractivity contribution in [2.24, 2.45) is 0 Å². The fraction of sp³-hybridized carbons (Fsp3) is 0.111. The minimum absolute atomic E-state index is 0.572. The first-order valence-corrected chi connectivity index (χ1v) is 7.77. The molecule has 116 valence electrons. The van der Waals surface area contributed by atoms with Crippen molar-refractivity contribution in [1.82, 2.24) is 9.97 Å². The molecule has 2 N–H and O–H groups in total. The maximum absolute atomic E-state index is 6.15. The molecular formula is C18H17ClN4. The topological polar surface area (TPSA) is 49.8 Å². The molecule has 4 nitrogen and oxygen atoms in total. The lowest BCUT2D eigenvalue weighted by atomic mass is 10.2. The SMILES string of the molecule is Clc1ccccc1CNc1nccc(NCc2ccccc2)n1. The molecule has 3 aromatic rings. The molecule has 0 atom stereocenters. The van der Waals surface area contributed by atoms with Crippen LogP contribution >= 0.6 is 11.6 Å². The van der Waals surface area contributed by atoms with E-state index in [0.717, 1.165) is 22.9 Å². The highest BCUT2D eigenvalue weighted by Gasteiger charge is 2.02. The molecule has 0 aliphatic carbocycles. The number of hydrogen-bond donors (Lipinski definition) is 2. The Kier molecular flexibility index (Phi) is 5.06. The van der Waals surface area contributed by atoms with E-state index in [2.05, 4.69) is 32.7 Å². The van der Waals surface area contributed by atoms with Crippen LogP contribution in [0.25, 0.3) is 0 Å². The van der Waals surface area contributed by atoms with E-state index in [1.807, 2.05) is 48.5 Å². The van der Waals surface area contributed by atoms with Crippen molar-refractivity contribution in [2.45, 2.75) is 13.1 Å². The highest BCUT2D eigenvalue weighted by atomic mass is 35.5. The summed E-state index contributed by atoms with van der Waals surface area (Å²) in [7, 11) is 0. The summed E-state index contributed by atoms with van der Waals surface area (Å²) < 4.78 is 0. The largest absolute Gasteiger partial charge is 0.366 e. The van der Waals surface area contributed by atoms with Crippen molar-refractivity contribution >= 4 is 23.4 Å². The summed E-state index contributed by atoms with van der Waals surface area (Å²) in [4.78, 5) is 8.69. The molecule has 0 spiro atoms. The van der Waals surface area contributed by atoms with Crippen molar-refractivity contribution < 1.29 is 0 Å². The number of halogens is 1. The van der Waals surface area contributed by atoms with E-state index in [1.54, 1.807) is 6.20 Å². The minimum Gasteiger partial charge on any atom is -0.366 e. The maximum atomic E-state index is 6.15. The van der Waals surface area contributed by atoms with Gasteiger partial charge in [0.2, 0.25) is 5.95 Å². The van der Waals surface area contributed by atoms with E-state index >= 15 is 0 Å². The predicted octanol–water partition coefficient (Wildman–Crippen LogP) is 4.35.